The Bertz CT molecular complexity index is 892. The number of piperidine rings is 2. The van der Waals surface area contributed by atoms with Gasteiger partial charge in [0.2, 0.25) is 15.9 Å². The first-order chi connectivity index (χ1) is 12.9. The second-order valence-electron chi connectivity index (χ2n) is 7.56. The molecule has 2 fully saturated rings. The molecular formula is C19H25N3O3S2. The molecule has 27 heavy (non-hydrogen) atoms. The van der Waals surface area contributed by atoms with Crippen molar-refractivity contribution in [3.8, 4) is 0 Å². The highest BCUT2D eigenvalue weighted by molar-refractivity contribution is 7.88. The van der Waals surface area contributed by atoms with Gasteiger partial charge in [-0.25, -0.2) is 17.7 Å². The molecule has 1 aromatic heterocycles. The quantitative estimate of drug-likeness (QED) is 0.784. The van der Waals surface area contributed by atoms with E-state index < -0.39 is 10.0 Å². The first-order valence-corrected chi connectivity index (χ1v) is 12.2. The van der Waals surface area contributed by atoms with Crippen LogP contribution in [0, 0.1) is 5.92 Å². The lowest BCUT2D eigenvalue weighted by molar-refractivity contribution is -0.137. The van der Waals surface area contributed by atoms with Crippen molar-refractivity contribution in [3.63, 3.8) is 0 Å². The lowest BCUT2D eigenvalue weighted by Gasteiger charge is -2.36. The standard InChI is InChI=1S/C19H25N3O3S2/c1-27(24,25)22-12-8-15(9-13-22)19(23)21-10-6-14(7-11-21)18-20-16-4-2-3-5-17(16)26-18/h2-5,14-15H,6-13H2,1H3. The second-order valence-corrected chi connectivity index (χ2v) is 10.6. The van der Waals surface area contributed by atoms with E-state index in [-0.39, 0.29) is 11.8 Å². The number of para-hydroxylation sites is 1. The molecule has 0 atom stereocenters. The van der Waals surface area contributed by atoms with Crippen molar-refractivity contribution in [2.45, 2.75) is 31.6 Å². The van der Waals surface area contributed by atoms with Gasteiger partial charge in [-0.2, -0.15) is 0 Å². The van der Waals surface area contributed by atoms with E-state index in [1.165, 1.54) is 20.3 Å². The van der Waals surface area contributed by atoms with Gasteiger partial charge < -0.3 is 4.90 Å². The minimum Gasteiger partial charge on any atom is -0.342 e. The molecule has 0 saturated carbocycles. The highest BCUT2D eigenvalue weighted by Crippen LogP contribution is 2.34. The SMILES string of the molecule is CS(=O)(=O)N1CCC(C(=O)N2CCC(c3nc4ccccc4s3)CC2)CC1. The van der Waals surface area contributed by atoms with Crippen LogP contribution in [0.5, 0.6) is 0 Å². The lowest BCUT2D eigenvalue weighted by atomic mass is 9.93. The fourth-order valence-corrected chi connectivity index (χ4v) is 6.11. The van der Waals surface area contributed by atoms with Crippen LogP contribution in [-0.4, -0.2) is 60.9 Å². The monoisotopic (exact) mass is 407 g/mol. The number of likely N-dealkylation sites (tertiary alicyclic amines) is 1. The molecule has 8 heteroatoms. The van der Waals surface area contributed by atoms with E-state index in [1.54, 1.807) is 11.3 Å². The number of hydrogen-bond acceptors (Lipinski definition) is 5. The number of amides is 1. The first-order valence-electron chi connectivity index (χ1n) is 9.51. The molecule has 0 aliphatic carbocycles. The van der Waals surface area contributed by atoms with Crippen molar-refractivity contribution in [1.82, 2.24) is 14.2 Å². The summed E-state index contributed by atoms with van der Waals surface area (Å²) in [6.45, 7) is 2.45. The number of aromatic nitrogens is 1. The van der Waals surface area contributed by atoms with E-state index in [2.05, 4.69) is 12.1 Å². The topological polar surface area (TPSA) is 70.6 Å². The van der Waals surface area contributed by atoms with Gasteiger partial charge in [-0.1, -0.05) is 12.1 Å². The van der Waals surface area contributed by atoms with Crippen molar-refractivity contribution >= 4 is 37.5 Å². The van der Waals surface area contributed by atoms with E-state index >= 15 is 0 Å². The largest absolute Gasteiger partial charge is 0.342 e. The molecule has 6 nitrogen and oxygen atoms in total. The molecule has 2 aliphatic rings. The third kappa shape index (κ3) is 4.02. The maximum atomic E-state index is 12.8. The lowest BCUT2D eigenvalue weighted by Crippen LogP contribution is -2.46. The summed E-state index contributed by atoms with van der Waals surface area (Å²) in [6, 6.07) is 8.22. The van der Waals surface area contributed by atoms with Gasteiger partial charge in [-0.05, 0) is 37.8 Å². The maximum absolute atomic E-state index is 12.8. The Hall–Kier alpha value is -1.51. The molecule has 0 bridgehead atoms. The summed E-state index contributed by atoms with van der Waals surface area (Å²) < 4.78 is 26.0. The summed E-state index contributed by atoms with van der Waals surface area (Å²) in [6.07, 6.45) is 4.40. The molecule has 2 aromatic rings. The zero-order valence-electron chi connectivity index (χ0n) is 15.5. The number of rotatable bonds is 3. The summed E-state index contributed by atoms with van der Waals surface area (Å²) in [5.74, 6) is 0.589. The second kappa shape index (κ2) is 7.48. The molecule has 2 saturated heterocycles. The van der Waals surface area contributed by atoms with Crippen molar-refractivity contribution in [3.05, 3.63) is 29.3 Å². The summed E-state index contributed by atoms with van der Waals surface area (Å²) >= 11 is 1.77. The minimum atomic E-state index is -3.15. The van der Waals surface area contributed by atoms with Gasteiger partial charge in [0, 0.05) is 38.0 Å². The number of thiazole rings is 1. The fraction of sp³-hybridized carbons (Fsp3) is 0.579. The third-order valence-corrected chi connectivity index (χ3v) is 8.24. The van der Waals surface area contributed by atoms with Gasteiger partial charge in [0.1, 0.15) is 0 Å². The Morgan fingerprint density at radius 3 is 2.37 bits per heavy atom. The average molecular weight is 408 g/mol. The molecule has 146 valence electrons. The minimum absolute atomic E-state index is 0.0398. The summed E-state index contributed by atoms with van der Waals surface area (Å²) in [7, 11) is -3.15. The molecule has 2 aliphatic heterocycles. The Labute approximate surface area is 164 Å². The van der Waals surface area contributed by atoms with E-state index in [0.717, 1.165) is 31.4 Å². The summed E-state index contributed by atoms with van der Waals surface area (Å²) in [5, 5.41) is 1.18. The van der Waals surface area contributed by atoms with Crippen LogP contribution in [0.15, 0.2) is 24.3 Å². The van der Waals surface area contributed by atoms with Crippen LogP contribution in [-0.2, 0) is 14.8 Å². The Morgan fingerprint density at radius 1 is 1.07 bits per heavy atom. The van der Waals surface area contributed by atoms with Gasteiger partial charge in [-0.15, -0.1) is 11.3 Å². The van der Waals surface area contributed by atoms with Gasteiger partial charge in [0.25, 0.3) is 0 Å². The molecule has 0 N–H and O–H groups in total. The number of nitrogens with zero attached hydrogens (tertiary/aromatic N) is 3. The van der Waals surface area contributed by atoms with E-state index in [0.29, 0.717) is 31.8 Å². The number of carbonyl (C=O) groups excluding carboxylic acids is 1. The fourth-order valence-electron chi connectivity index (χ4n) is 4.10. The molecule has 1 amide bonds. The van der Waals surface area contributed by atoms with Crippen LogP contribution in [0.3, 0.4) is 0 Å². The maximum Gasteiger partial charge on any atom is 0.225 e. The first kappa shape index (κ1) is 18.8. The molecule has 3 heterocycles. The normalized spacial score (nSPS) is 21.0. The van der Waals surface area contributed by atoms with E-state index in [4.69, 9.17) is 4.98 Å². The molecule has 0 radical (unpaired) electrons. The number of sulfonamides is 1. The van der Waals surface area contributed by atoms with Gasteiger partial charge in [0.05, 0.1) is 21.5 Å². The number of benzene rings is 1. The zero-order chi connectivity index (χ0) is 19.0. The molecule has 0 unspecified atom stereocenters. The number of fused-ring (bicyclic) bond motifs is 1. The van der Waals surface area contributed by atoms with Crippen molar-refractivity contribution in [2.24, 2.45) is 5.92 Å². The van der Waals surface area contributed by atoms with Crippen LogP contribution in [0.25, 0.3) is 10.2 Å². The molecule has 1 aromatic carbocycles. The number of carbonyl (C=O) groups is 1. The predicted octanol–water partition coefficient (Wildman–Crippen LogP) is 2.67. The van der Waals surface area contributed by atoms with E-state index in [1.807, 2.05) is 17.0 Å². The summed E-state index contributed by atoms with van der Waals surface area (Å²) in [4.78, 5) is 19.6. The van der Waals surface area contributed by atoms with Gasteiger partial charge in [-0.3, -0.25) is 4.79 Å². The Kier molecular flexibility index (Phi) is 5.22. The summed E-state index contributed by atoms with van der Waals surface area (Å²) in [5.41, 5.74) is 1.06. The average Bonchev–Trinajstić information content (AvgIpc) is 3.11. The van der Waals surface area contributed by atoms with Gasteiger partial charge >= 0.3 is 0 Å². The predicted molar refractivity (Wildman–Crippen MR) is 107 cm³/mol. The molecular weight excluding hydrogens is 382 g/mol. The van der Waals surface area contributed by atoms with Crippen LogP contribution < -0.4 is 0 Å². The highest BCUT2D eigenvalue weighted by atomic mass is 32.2. The molecule has 0 spiro atoms. The van der Waals surface area contributed by atoms with Crippen LogP contribution in [0.2, 0.25) is 0 Å². The third-order valence-electron chi connectivity index (χ3n) is 5.74. The zero-order valence-corrected chi connectivity index (χ0v) is 17.1. The van der Waals surface area contributed by atoms with Gasteiger partial charge in [0.15, 0.2) is 0 Å². The van der Waals surface area contributed by atoms with E-state index in [9.17, 15) is 13.2 Å². The Balaban J connectivity index is 1.33. The molecule has 4 rings (SSSR count). The van der Waals surface area contributed by atoms with Crippen molar-refractivity contribution in [2.75, 3.05) is 32.4 Å². The smallest absolute Gasteiger partial charge is 0.225 e. The Morgan fingerprint density at radius 2 is 1.74 bits per heavy atom. The van der Waals surface area contributed by atoms with Crippen molar-refractivity contribution in [1.29, 1.82) is 0 Å². The van der Waals surface area contributed by atoms with Crippen LogP contribution >= 0.6 is 11.3 Å². The van der Waals surface area contributed by atoms with Crippen LogP contribution in [0.1, 0.15) is 36.6 Å². The number of hydrogen-bond donors (Lipinski definition) is 0. The highest BCUT2D eigenvalue weighted by Gasteiger charge is 2.33. The van der Waals surface area contributed by atoms with Crippen molar-refractivity contribution < 1.29 is 13.2 Å². The van der Waals surface area contributed by atoms with Crippen LogP contribution in [0.4, 0.5) is 0 Å².